The zero-order chi connectivity index (χ0) is 11.4. The number of hydrogen-bond acceptors (Lipinski definition) is 3. The van der Waals surface area contributed by atoms with E-state index >= 15 is 0 Å². The highest BCUT2D eigenvalue weighted by molar-refractivity contribution is 5.49. The Bertz CT molecular complexity index is 405. The van der Waals surface area contributed by atoms with Gasteiger partial charge in [-0.3, -0.25) is 0 Å². The average Bonchev–Trinajstić information content (AvgIpc) is 2.28. The summed E-state index contributed by atoms with van der Waals surface area (Å²) in [7, 11) is 0. The molecule has 1 rings (SSSR count). The van der Waals surface area contributed by atoms with E-state index < -0.39 is 0 Å². The maximum absolute atomic E-state index is 9.84. The van der Waals surface area contributed by atoms with Crippen molar-refractivity contribution in [2.75, 3.05) is 0 Å². The van der Waals surface area contributed by atoms with Crippen molar-refractivity contribution in [3.8, 4) is 11.8 Å². The fourth-order valence-corrected chi connectivity index (χ4v) is 1.88. The van der Waals surface area contributed by atoms with E-state index in [9.17, 15) is 5.11 Å². The minimum Gasteiger partial charge on any atom is -0.505 e. The Labute approximate surface area is 90.4 Å². The summed E-state index contributed by atoms with van der Waals surface area (Å²) >= 11 is 0. The molecule has 0 aliphatic carbocycles. The molecule has 80 valence electrons. The molecular formula is C12H16N2O. The second kappa shape index (κ2) is 4.79. The van der Waals surface area contributed by atoms with E-state index in [1.54, 1.807) is 0 Å². The molecular weight excluding hydrogens is 188 g/mol. The molecule has 0 saturated heterocycles. The number of aromatic nitrogens is 1. The van der Waals surface area contributed by atoms with Gasteiger partial charge in [0.2, 0.25) is 0 Å². The Morgan fingerprint density at radius 2 is 1.73 bits per heavy atom. The van der Waals surface area contributed by atoms with E-state index in [1.807, 2.05) is 26.8 Å². The maximum Gasteiger partial charge on any atom is 0.182 e. The SMILES string of the molecule is CCc1nc(C#N)c(O)c(CC)c1CC. The number of pyridine rings is 1. The summed E-state index contributed by atoms with van der Waals surface area (Å²) in [5.41, 5.74) is 3.06. The van der Waals surface area contributed by atoms with Crippen LogP contribution in [0.15, 0.2) is 0 Å². The highest BCUT2D eigenvalue weighted by atomic mass is 16.3. The topological polar surface area (TPSA) is 56.9 Å². The minimum atomic E-state index is 0.0639. The molecule has 0 saturated carbocycles. The van der Waals surface area contributed by atoms with Crippen molar-refractivity contribution < 1.29 is 5.11 Å². The van der Waals surface area contributed by atoms with Gasteiger partial charge < -0.3 is 5.11 Å². The summed E-state index contributed by atoms with van der Waals surface area (Å²) in [5.74, 6) is 0.0639. The molecule has 1 N–H and O–H groups in total. The van der Waals surface area contributed by atoms with Gasteiger partial charge in [-0.25, -0.2) is 4.98 Å². The van der Waals surface area contributed by atoms with E-state index in [0.717, 1.165) is 36.1 Å². The second-order valence-corrected chi connectivity index (χ2v) is 3.39. The predicted molar refractivity (Wildman–Crippen MR) is 58.8 cm³/mol. The molecule has 0 spiro atoms. The summed E-state index contributed by atoms with van der Waals surface area (Å²) in [6.07, 6.45) is 2.38. The number of nitriles is 1. The van der Waals surface area contributed by atoms with Gasteiger partial charge in [-0.2, -0.15) is 5.26 Å². The molecule has 0 unspecified atom stereocenters. The largest absolute Gasteiger partial charge is 0.505 e. The van der Waals surface area contributed by atoms with Gasteiger partial charge in [-0.15, -0.1) is 0 Å². The normalized spacial score (nSPS) is 10.0. The number of hydrogen-bond donors (Lipinski definition) is 1. The Kier molecular flexibility index (Phi) is 3.68. The summed E-state index contributed by atoms with van der Waals surface area (Å²) in [6.45, 7) is 6.04. The van der Waals surface area contributed by atoms with Crippen molar-refractivity contribution in [3.05, 3.63) is 22.5 Å². The van der Waals surface area contributed by atoms with E-state index in [1.165, 1.54) is 0 Å². The number of rotatable bonds is 3. The first-order valence-corrected chi connectivity index (χ1v) is 5.33. The van der Waals surface area contributed by atoms with E-state index in [0.29, 0.717) is 0 Å². The van der Waals surface area contributed by atoms with Crippen molar-refractivity contribution >= 4 is 0 Å². The second-order valence-electron chi connectivity index (χ2n) is 3.39. The van der Waals surface area contributed by atoms with Crippen LogP contribution in [0, 0.1) is 11.3 Å². The molecule has 0 radical (unpaired) electrons. The average molecular weight is 204 g/mol. The van der Waals surface area contributed by atoms with Gasteiger partial charge in [-0.05, 0) is 24.8 Å². The van der Waals surface area contributed by atoms with Crippen LogP contribution in [0.4, 0.5) is 0 Å². The predicted octanol–water partition coefficient (Wildman–Crippen LogP) is 2.35. The lowest BCUT2D eigenvalue weighted by atomic mass is 9.98. The molecule has 0 aromatic carbocycles. The van der Waals surface area contributed by atoms with E-state index in [4.69, 9.17) is 5.26 Å². The van der Waals surface area contributed by atoms with Gasteiger partial charge in [0.05, 0.1) is 0 Å². The molecule has 0 atom stereocenters. The molecule has 0 aliphatic heterocycles. The summed E-state index contributed by atoms with van der Waals surface area (Å²) in [5, 5.41) is 18.7. The summed E-state index contributed by atoms with van der Waals surface area (Å²) in [6, 6.07) is 1.93. The maximum atomic E-state index is 9.84. The van der Waals surface area contributed by atoms with Crippen LogP contribution in [0.5, 0.6) is 5.75 Å². The van der Waals surface area contributed by atoms with Crippen LogP contribution < -0.4 is 0 Å². The highest BCUT2D eigenvalue weighted by Gasteiger charge is 2.15. The number of aromatic hydroxyl groups is 1. The number of aryl methyl sites for hydroxylation is 1. The van der Waals surface area contributed by atoms with Crippen LogP contribution in [0.2, 0.25) is 0 Å². The van der Waals surface area contributed by atoms with Gasteiger partial charge in [-0.1, -0.05) is 20.8 Å². The smallest absolute Gasteiger partial charge is 0.182 e. The molecule has 0 bridgehead atoms. The van der Waals surface area contributed by atoms with Crippen molar-refractivity contribution in [1.82, 2.24) is 4.98 Å². The van der Waals surface area contributed by atoms with Crippen LogP contribution >= 0.6 is 0 Å². The zero-order valence-electron chi connectivity index (χ0n) is 9.46. The standard InChI is InChI=1S/C12H16N2O/c1-4-8-9(5-2)12(15)11(7-13)14-10(8)6-3/h15H,4-6H2,1-3H3. The van der Waals surface area contributed by atoms with Gasteiger partial charge >= 0.3 is 0 Å². The van der Waals surface area contributed by atoms with Crippen LogP contribution in [-0.4, -0.2) is 10.1 Å². The fourth-order valence-electron chi connectivity index (χ4n) is 1.88. The van der Waals surface area contributed by atoms with Gasteiger partial charge in [0, 0.05) is 11.3 Å². The quantitative estimate of drug-likeness (QED) is 0.822. The van der Waals surface area contributed by atoms with Crippen LogP contribution in [0.3, 0.4) is 0 Å². The fraction of sp³-hybridized carbons (Fsp3) is 0.500. The summed E-state index contributed by atoms with van der Waals surface area (Å²) < 4.78 is 0. The van der Waals surface area contributed by atoms with Crippen LogP contribution in [-0.2, 0) is 19.3 Å². The van der Waals surface area contributed by atoms with Crippen LogP contribution in [0.25, 0.3) is 0 Å². The van der Waals surface area contributed by atoms with E-state index in [2.05, 4.69) is 4.98 Å². The zero-order valence-corrected chi connectivity index (χ0v) is 9.46. The van der Waals surface area contributed by atoms with Crippen LogP contribution in [0.1, 0.15) is 43.3 Å². The molecule has 0 aliphatic rings. The van der Waals surface area contributed by atoms with Gasteiger partial charge in [0.25, 0.3) is 0 Å². The molecule has 0 fully saturated rings. The Balaban J connectivity index is 3.51. The van der Waals surface area contributed by atoms with E-state index in [-0.39, 0.29) is 11.4 Å². The Morgan fingerprint density at radius 1 is 1.13 bits per heavy atom. The Morgan fingerprint density at radius 3 is 2.13 bits per heavy atom. The third kappa shape index (κ3) is 1.94. The third-order valence-electron chi connectivity index (χ3n) is 2.62. The minimum absolute atomic E-state index is 0.0639. The van der Waals surface area contributed by atoms with Crippen molar-refractivity contribution in [2.24, 2.45) is 0 Å². The summed E-state index contributed by atoms with van der Waals surface area (Å²) in [4.78, 5) is 4.18. The molecule has 1 aromatic rings. The first-order valence-electron chi connectivity index (χ1n) is 5.33. The Hall–Kier alpha value is -1.56. The molecule has 3 nitrogen and oxygen atoms in total. The van der Waals surface area contributed by atoms with Gasteiger partial charge in [0.15, 0.2) is 11.4 Å². The lowest BCUT2D eigenvalue weighted by Crippen LogP contribution is -2.04. The molecule has 3 heteroatoms. The van der Waals surface area contributed by atoms with Crippen molar-refractivity contribution in [1.29, 1.82) is 5.26 Å². The van der Waals surface area contributed by atoms with Crippen molar-refractivity contribution in [2.45, 2.75) is 40.0 Å². The first-order chi connectivity index (χ1) is 7.19. The third-order valence-corrected chi connectivity index (χ3v) is 2.62. The highest BCUT2D eigenvalue weighted by Crippen LogP contribution is 2.27. The van der Waals surface area contributed by atoms with Gasteiger partial charge in [0.1, 0.15) is 6.07 Å². The lowest BCUT2D eigenvalue weighted by Gasteiger charge is -2.13. The lowest BCUT2D eigenvalue weighted by molar-refractivity contribution is 0.462. The molecule has 1 aromatic heterocycles. The first kappa shape index (κ1) is 11.5. The number of nitrogens with zero attached hydrogens (tertiary/aromatic N) is 2. The molecule has 0 amide bonds. The monoisotopic (exact) mass is 204 g/mol. The molecule has 15 heavy (non-hydrogen) atoms. The van der Waals surface area contributed by atoms with Crippen molar-refractivity contribution in [3.63, 3.8) is 0 Å². The molecule has 1 heterocycles.